The Hall–Kier alpha value is -1.78. The van der Waals surface area contributed by atoms with Crippen LogP contribution in [0.2, 0.25) is 0 Å². The molecule has 1 aliphatic rings. The number of nitrogens with zero attached hydrogens (tertiary/aromatic N) is 1. The van der Waals surface area contributed by atoms with Crippen LogP contribution in [-0.4, -0.2) is 27.6 Å². The summed E-state index contributed by atoms with van der Waals surface area (Å²) < 4.78 is 1.72. The number of carbonyl (C=O) groups is 2. The first-order valence-corrected chi connectivity index (χ1v) is 5.33. The van der Waals surface area contributed by atoms with Crippen LogP contribution in [0.4, 0.5) is 0 Å². The zero-order valence-corrected chi connectivity index (χ0v) is 8.85. The van der Waals surface area contributed by atoms with Gasteiger partial charge in [-0.05, 0) is 18.9 Å². The van der Waals surface area contributed by atoms with Crippen molar-refractivity contribution in [1.82, 2.24) is 9.88 Å². The van der Waals surface area contributed by atoms with Gasteiger partial charge >= 0.3 is 5.97 Å². The molecule has 1 heterocycles. The van der Waals surface area contributed by atoms with Crippen LogP contribution >= 0.6 is 0 Å². The third-order valence-electron chi connectivity index (χ3n) is 2.54. The predicted molar refractivity (Wildman–Crippen MR) is 57.2 cm³/mol. The fourth-order valence-electron chi connectivity index (χ4n) is 1.46. The summed E-state index contributed by atoms with van der Waals surface area (Å²) in [7, 11) is 0. The van der Waals surface area contributed by atoms with Gasteiger partial charge < -0.3 is 15.0 Å². The maximum atomic E-state index is 11.4. The van der Waals surface area contributed by atoms with Gasteiger partial charge in [-0.15, -0.1) is 0 Å². The Morgan fingerprint density at radius 3 is 2.81 bits per heavy atom. The standard InChI is InChI=1S/C11H14N2O3/c14-10(12-9-1-2-9)4-6-13-5-3-8(7-13)11(15)16/h3,5,7,9H,1-2,4,6H2,(H,12,14)(H,15,16). The molecule has 0 atom stereocenters. The van der Waals surface area contributed by atoms with E-state index >= 15 is 0 Å². The maximum absolute atomic E-state index is 11.4. The van der Waals surface area contributed by atoms with E-state index in [-0.39, 0.29) is 11.5 Å². The average molecular weight is 222 g/mol. The van der Waals surface area contributed by atoms with E-state index in [1.807, 2.05) is 0 Å². The van der Waals surface area contributed by atoms with Crippen LogP contribution in [0.3, 0.4) is 0 Å². The molecule has 5 nitrogen and oxygen atoms in total. The quantitative estimate of drug-likeness (QED) is 0.776. The highest BCUT2D eigenvalue weighted by molar-refractivity contribution is 5.87. The van der Waals surface area contributed by atoms with Crippen LogP contribution in [0.25, 0.3) is 0 Å². The Labute approximate surface area is 93.1 Å². The number of aromatic carboxylic acids is 1. The number of hydrogen-bond donors (Lipinski definition) is 2. The smallest absolute Gasteiger partial charge is 0.337 e. The Morgan fingerprint density at radius 1 is 1.50 bits per heavy atom. The van der Waals surface area contributed by atoms with Crippen molar-refractivity contribution in [3.05, 3.63) is 24.0 Å². The van der Waals surface area contributed by atoms with Crippen LogP contribution < -0.4 is 5.32 Å². The first-order valence-electron chi connectivity index (χ1n) is 5.33. The second-order valence-electron chi connectivity index (χ2n) is 4.03. The first kappa shape index (κ1) is 10.7. The number of carbonyl (C=O) groups excluding carboxylic acids is 1. The molecular formula is C11H14N2O3. The van der Waals surface area contributed by atoms with E-state index < -0.39 is 5.97 Å². The first-order chi connectivity index (χ1) is 7.65. The third-order valence-corrected chi connectivity index (χ3v) is 2.54. The third kappa shape index (κ3) is 2.85. The molecule has 1 amide bonds. The molecule has 5 heteroatoms. The molecule has 86 valence electrons. The lowest BCUT2D eigenvalue weighted by Crippen LogP contribution is -2.26. The molecule has 0 aliphatic heterocycles. The molecule has 0 spiro atoms. The van der Waals surface area contributed by atoms with Gasteiger partial charge in [-0.3, -0.25) is 4.79 Å². The molecule has 1 aromatic rings. The normalized spacial score (nSPS) is 14.8. The highest BCUT2D eigenvalue weighted by Crippen LogP contribution is 2.18. The largest absolute Gasteiger partial charge is 0.478 e. The van der Waals surface area contributed by atoms with Crippen LogP contribution in [-0.2, 0) is 11.3 Å². The molecule has 16 heavy (non-hydrogen) atoms. The number of carboxylic acids is 1. The topological polar surface area (TPSA) is 71.3 Å². The summed E-state index contributed by atoms with van der Waals surface area (Å²) in [5, 5.41) is 11.6. The molecule has 0 bridgehead atoms. The number of aryl methyl sites for hydroxylation is 1. The predicted octanol–water partition coefficient (Wildman–Crippen LogP) is 0.855. The van der Waals surface area contributed by atoms with Crippen LogP contribution in [0.1, 0.15) is 29.6 Å². The highest BCUT2D eigenvalue weighted by Gasteiger charge is 2.22. The van der Waals surface area contributed by atoms with E-state index in [1.54, 1.807) is 10.8 Å². The molecule has 0 unspecified atom stereocenters. The Bertz CT molecular complexity index is 407. The number of hydrogen-bond acceptors (Lipinski definition) is 2. The Kier molecular flexibility index (Phi) is 2.94. The Morgan fingerprint density at radius 2 is 2.25 bits per heavy atom. The highest BCUT2D eigenvalue weighted by atomic mass is 16.4. The summed E-state index contributed by atoms with van der Waals surface area (Å²) in [5.74, 6) is -0.908. The van der Waals surface area contributed by atoms with Crippen molar-refractivity contribution in [3.63, 3.8) is 0 Å². The lowest BCUT2D eigenvalue weighted by Gasteiger charge is -2.03. The summed E-state index contributed by atoms with van der Waals surface area (Å²) in [5.41, 5.74) is 0.252. The minimum Gasteiger partial charge on any atom is -0.478 e. The van der Waals surface area contributed by atoms with Crippen molar-refractivity contribution in [1.29, 1.82) is 0 Å². The van der Waals surface area contributed by atoms with Crippen molar-refractivity contribution >= 4 is 11.9 Å². The second kappa shape index (κ2) is 4.38. The molecule has 1 fully saturated rings. The number of nitrogens with one attached hydrogen (secondary N) is 1. The van der Waals surface area contributed by atoms with Gasteiger partial charge in [0.2, 0.25) is 5.91 Å². The molecular weight excluding hydrogens is 208 g/mol. The summed E-state index contributed by atoms with van der Waals surface area (Å²) in [6.07, 6.45) is 5.77. The number of rotatable bonds is 5. The SMILES string of the molecule is O=C(CCn1ccc(C(=O)O)c1)NC1CC1. The van der Waals surface area contributed by atoms with Gasteiger partial charge in [0.25, 0.3) is 0 Å². The van der Waals surface area contributed by atoms with E-state index in [2.05, 4.69) is 5.32 Å². The van der Waals surface area contributed by atoms with Gasteiger partial charge in [-0.1, -0.05) is 0 Å². The van der Waals surface area contributed by atoms with E-state index in [4.69, 9.17) is 5.11 Å². The van der Waals surface area contributed by atoms with Crippen molar-refractivity contribution in [2.45, 2.75) is 31.8 Å². The zero-order valence-electron chi connectivity index (χ0n) is 8.85. The number of amides is 1. The van der Waals surface area contributed by atoms with Crippen LogP contribution in [0.15, 0.2) is 18.5 Å². The van der Waals surface area contributed by atoms with E-state index in [0.29, 0.717) is 19.0 Å². The van der Waals surface area contributed by atoms with Gasteiger partial charge in [0.05, 0.1) is 5.56 Å². The number of aromatic nitrogens is 1. The molecule has 2 rings (SSSR count). The molecule has 1 aliphatic carbocycles. The average Bonchev–Trinajstić information content (AvgIpc) is 2.91. The molecule has 2 N–H and O–H groups in total. The van der Waals surface area contributed by atoms with Crippen LogP contribution in [0.5, 0.6) is 0 Å². The zero-order chi connectivity index (χ0) is 11.5. The van der Waals surface area contributed by atoms with Gasteiger partial charge in [-0.25, -0.2) is 4.79 Å². The van der Waals surface area contributed by atoms with Crippen molar-refractivity contribution in [3.8, 4) is 0 Å². The fraction of sp³-hybridized carbons (Fsp3) is 0.455. The van der Waals surface area contributed by atoms with E-state index in [0.717, 1.165) is 12.8 Å². The summed E-state index contributed by atoms with van der Waals surface area (Å²) >= 11 is 0. The fourth-order valence-corrected chi connectivity index (χ4v) is 1.46. The van der Waals surface area contributed by atoms with Crippen molar-refractivity contribution in [2.24, 2.45) is 0 Å². The molecule has 1 aromatic heterocycles. The minimum atomic E-state index is -0.943. The van der Waals surface area contributed by atoms with Crippen molar-refractivity contribution in [2.75, 3.05) is 0 Å². The number of carboxylic acid groups (broad SMARTS) is 1. The minimum absolute atomic E-state index is 0.0353. The van der Waals surface area contributed by atoms with Gasteiger partial charge in [0.1, 0.15) is 0 Å². The monoisotopic (exact) mass is 222 g/mol. The molecule has 0 aromatic carbocycles. The summed E-state index contributed by atoms with van der Waals surface area (Å²) in [4.78, 5) is 22.0. The lowest BCUT2D eigenvalue weighted by atomic mass is 10.3. The Balaban J connectivity index is 1.79. The van der Waals surface area contributed by atoms with Crippen LogP contribution in [0, 0.1) is 0 Å². The summed E-state index contributed by atoms with van der Waals surface area (Å²) in [6, 6.07) is 1.91. The second-order valence-corrected chi connectivity index (χ2v) is 4.03. The lowest BCUT2D eigenvalue weighted by molar-refractivity contribution is -0.121. The summed E-state index contributed by atoms with van der Waals surface area (Å²) in [6.45, 7) is 0.520. The van der Waals surface area contributed by atoms with E-state index in [9.17, 15) is 9.59 Å². The molecule has 0 radical (unpaired) electrons. The van der Waals surface area contributed by atoms with Gasteiger partial charge in [-0.2, -0.15) is 0 Å². The van der Waals surface area contributed by atoms with Gasteiger partial charge in [0.15, 0.2) is 0 Å². The van der Waals surface area contributed by atoms with Gasteiger partial charge in [0, 0.05) is 31.4 Å². The maximum Gasteiger partial charge on any atom is 0.337 e. The van der Waals surface area contributed by atoms with Crippen molar-refractivity contribution < 1.29 is 14.7 Å². The van der Waals surface area contributed by atoms with E-state index in [1.165, 1.54) is 12.3 Å². The molecule has 0 saturated heterocycles. The molecule has 1 saturated carbocycles.